The minimum Gasteiger partial charge on any atom is -0.442 e. The van der Waals surface area contributed by atoms with Crippen molar-refractivity contribution in [2.24, 2.45) is 0 Å². The van der Waals surface area contributed by atoms with E-state index in [1.807, 2.05) is 26.0 Å². The molecule has 2 saturated heterocycles. The molecule has 124 valence electrons. The van der Waals surface area contributed by atoms with Crippen LogP contribution >= 0.6 is 0 Å². The van der Waals surface area contributed by atoms with Gasteiger partial charge in [-0.2, -0.15) is 0 Å². The molecule has 2 heterocycles. The molecule has 2 amide bonds. The molecule has 3 rings (SSSR count). The van der Waals surface area contributed by atoms with Gasteiger partial charge in [0, 0.05) is 12.3 Å². The molecule has 0 radical (unpaired) electrons. The van der Waals surface area contributed by atoms with Crippen molar-refractivity contribution in [2.45, 2.75) is 38.9 Å². The molecule has 6 heteroatoms. The first kappa shape index (κ1) is 15.8. The van der Waals surface area contributed by atoms with Crippen LogP contribution in [0.1, 0.15) is 24.0 Å². The molecule has 2 aliphatic heterocycles. The fourth-order valence-electron chi connectivity index (χ4n) is 3.06. The summed E-state index contributed by atoms with van der Waals surface area (Å²) in [6.07, 6.45) is 0.602. The fourth-order valence-corrected chi connectivity index (χ4v) is 3.06. The lowest BCUT2D eigenvalue weighted by Gasteiger charge is -2.15. The first-order valence-corrected chi connectivity index (χ1v) is 7.98. The first-order chi connectivity index (χ1) is 11.0. The minimum absolute atomic E-state index is 0.122. The van der Waals surface area contributed by atoms with Gasteiger partial charge >= 0.3 is 6.09 Å². The van der Waals surface area contributed by atoms with Crippen LogP contribution in [-0.4, -0.2) is 43.9 Å². The number of hydrogen-bond donors (Lipinski definition) is 1. The highest BCUT2D eigenvalue weighted by Gasteiger charge is 2.33. The van der Waals surface area contributed by atoms with Crippen molar-refractivity contribution in [3.63, 3.8) is 0 Å². The SMILES string of the molecule is Cc1cc(C)cc(N2CC(CNC(=O)C3CCCO3)OC2=O)c1. The summed E-state index contributed by atoms with van der Waals surface area (Å²) in [4.78, 5) is 25.6. The Morgan fingerprint density at radius 3 is 2.70 bits per heavy atom. The number of rotatable bonds is 4. The van der Waals surface area contributed by atoms with Crippen molar-refractivity contribution in [3.8, 4) is 0 Å². The van der Waals surface area contributed by atoms with E-state index in [-0.39, 0.29) is 24.2 Å². The van der Waals surface area contributed by atoms with Crippen LogP contribution in [0, 0.1) is 13.8 Å². The van der Waals surface area contributed by atoms with Gasteiger partial charge in [0.15, 0.2) is 0 Å². The van der Waals surface area contributed by atoms with E-state index in [2.05, 4.69) is 11.4 Å². The molecule has 2 fully saturated rings. The maximum atomic E-state index is 12.1. The summed E-state index contributed by atoms with van der Waals surface area (Å²) in [5.74, 6) is -0.122. The van der Waals surface area contributed by atoms with Gasteiger partial charge in [0.25, 0.3) is 0 Å². The third-order valence-electron chi connectivity index (χ3n) is 4.12. The van der Waals surface area contributed by atoms with Crippen molar-refractivity contribution in [1.82, 2.24) is 5.32 Å². The fraction of sp³-hybridized carbons (Fsp3) is 0.529. The number of benzene rings is 1. The second-order valence-electron chi connectivity index (χ2n) is 6.21. The van der Waals surface area contributed by atoms with Gasteiger partial charge in [0.2, 0.25) is 5.91 Å². The molecule has 1 N–H and O–H groups in total. The lowest BCUT2D eigenvalue weighted by Crippen LogP contribution is -2.40. The molecule has 0 spiro atoms. The Kier molecular flexibility index (Phi) is 4.52. The molecule has 0 aliphatic carbocycles. The van der Waals surface area contributed by atoms with E-state index in [4.69, 9.17) is 9.47 Å². The summed E-state index contributed by atoms with van der Waals surface area (Å²) in [7, 11) is 0. The highest BCUT2D eigenvalue weighted by Crippen LogP contribution is 2.24. The van der Waals surface area contributed by atoms with Crippen molar-refractivity contribution in [2.75, 3.05) is 24.6 Å². The predicted molar refractivity (Wildman–Crippen MR) is 85.5 cm³/mol. The monoisotopic (exact) mass is 318 g/mol. The Labute approximate surface area is 135 Å². The lowest BCUT2D eigenvalue weighted by atomic mass is 10.1. The molecule has 0 bridgehead atoms. The van der Waals surface area contributed by atoms with Gasteiger partial charge < -0.3 is 14.8 Å². The highest BCUT2D eigenvalue weighted by molar-refractivity contribution is 5.90. The average Bonchev–Trinajstić information content (AvgIpc) is 3.13. The summed E-state index contributed by atoms with van der Waals surface area (Å²) < 4.78 is 10.7. The number of cyclic esters (lactones) is 1. The van der Waals surface area contributed by atoms with Gasteiger partial charge in [-0.25, -0.2) is 4.79 Å². The number of nitrogens with one attached hydrogen (secondary N) is 1. The summed E-state index contributed by atoms with van der Waals surface area (Å²) in [5.41, 5.74) is 3.03. The molecule has 6 nitrogen and oxygen atoms in total. The summed E-state index contributed by atoms with van der Waals surface area (Å²) in [6, 6.07) is 5.98. The third-order valence-corrected chi connectivity index (χ3v) is 4.12. The number of aryl methyl sites for hydroxylation is 2. The van der Waals surface area contributed by atoms with Gasteiger partial charge in [0.1, 0.15) is 12.2 Å². The largest absolute Gasteiger partial charge is 0.442 e. The predicted octanol–water partition coefficient (Wildman–Crippen LogP) is 1.92. The zero-order valence-electron chi connectivity index (χ0n) is 13.5. The second kappa shape index (κ2) is 6.58. The Morgan fingerprint density at radius 2 is 2.04 bits per heavy atom. The van der Waals surface area contributed by atoms with Gasteiger partial charge in [-0.1, -0.05) is 6.07 Å². The topological polar surface area (TPSA) is 67.9 Å². The van der Waals surface area contributed by atoms with Crippen molar-refractivity contribution in [3.05, 3.63) is 29.3 Å². The first-order valence-electron chi connectivity index (χ1n) is 7.98. The van der Waals surface area contributed by atoms with E-state index in [0.29, 0.717) is 19.7 Å². The highest BCUT2D eigenvalue weighted by atomic mass is 16.6. The van der Waals surface area contributed by atoms with Gasteiger partial charge in [-0.15, -0.1) is 0 Å². The molecular weight excluding hydrogens is 296 g/mol. The van der Waals surface area contributed by atoms with Crippen LogP contribution in [0.3, 0.4) is 0 Å². The number of amides is 2. The van der Waals surface area contributed by atoms with E-state index in [1.165, 1.54) is 0 Å². The van der Waals surface area contributed by atoms with Crippen LogP contribution in [0.4, 0.5) is 10.5 Å². The summed E-state index contributed by atoms with van der Waals surface area (Å²) >= 11 is 0. The van der Waals surface area contributed by atoms with E-state index in [9.17, 15) is 9.59 Å². The van der Waals surface area contributed by atoms with Crippen LogP contribution < -0.4 is 10.2 Å². The molecule has 23 heavy (non-hydrogen) atoms. The van der Waals surface area contributed by atoms with Crippen molar-refractivity contribution < 1.29 is 19.1 Å². The van der Waals surface area contributed by atoms with Gasteiger partial charge in [-0.3, -0.25) is 9.69 Å². The smallest absolute Gasteiger partial charge is 0.414 e. The van der Waals surface area contributed by atoms with E-state index < -0.39 is 0 Å². The Balaban J connectivity index is 1.57. The summed E-state index contributed by atoms with van der Waals surface area (Å²) in [5, 5.41) is 2.81. The third kappa shape index (κ3) is 3.64. The van der Waals surface area contributed by atoms with E-state index >= 15 is 0 Å². The minimum atomic E-state index is -0.369. The molecule has 2 aliphatic rings. The Hall–Kier alpha value is -2.08. The van der Waals surface area contributed by atoms with Gasteiger partial charge in [-0.05, 0) is 49.9 Å². The number of hydrogen-bond acceptors (Lipinski definition) is 4. The zero-order valence-corrected chi connectivity index (χ0v) is 13.5. The number of nitrogens with zero attached hydrogens (tertiary/aromatic N) is 1. The molecule has 0 saturated carbocycles. The van der Waals surface area contributed by atoms with E-state index in [1.54, 1.807) is 4.90 Å². The molecule has 1 aromatic carbocycles. The van der Waals surface area contributed by atoms with Crippen LogP contribution in [0.5, 0.6) is 0 Å². The molecule has 0 aromatic heterocycles. The second-order valence-corrected chi connectivity index (χ2v) is 6.21. The van der Waals surface area contributed by atoms with Crippen LogP contribution in [0.25, 0.3) is 0 Å². The molecule has 1 aromatic rings. The maximum absolute atomic E-state index is 12.1. The number of carbonyl (C=O) groups is 2. The zero-order chi connectivity index (χ0) is 16.4. The van der Waals surface area contributed by atoms with Crippen LogP contribution in [-0.2, 0) is 14.3 Å². The Morgan fingerprint density at radius 1 is 1.30 bits per heavy atom. The average molecular weight is 318 g/mol. The van der Waals surface area contributed by atoms with Crippen LogP contribution in [0.2, 0.25) is 0 Å². The quantitative estimate of drug-likeness (QED) is 0.921. The number of anilines is 1. The van der Waals surface area contributed by atoms with Crippen LogP contribution in [0.15, 0.2) is 18.2 Å². The maximum Gasteiger partial charge on any atom is 0.414 e. The number of carbonyl (C=O) groups excluding carboxylic acids is 2. The number of ether oxygens (including phenoxy) is 2. The van der Waals surface area contributed by atoms with Crippen molar-refractivity contribution >= 4 is 17.7 Å². The lowest BCUT2D eigenvalue weighted by molar-refractivity contribution is -0.130. The molecule has 2 unspecified atom stereocenters. The normalized spacial score (nSPS) is 23.9. The standard InChI is InChI=1S/C17H22N2O4/c1-11-6-12(2)8-13(7-11)19-10-14(23-17(19)21)9-18-16(20)15-4-3-5-22-15/h6-8,14-15H,3-5,9-10H2,1-2H3,(H,18,20). The van der Waals surface area contributed by atoms with Crippen molar-refractivity contribution in [1.29, 1.82) is 0 Å². The molecular formula is C17H22N2O4. The summed E-state index contributed by atoms with van der Waals surface area (Å²) in [6.45, 7) is 5.38. The van der Waals surface area contributed by atoms with Gasteiger partial charge in [0.05, 0.1) is 13.1 Å². The molecule has 2 atom stereocenters. The Bertz CT molecular complexity index is 590. The van der Waals surface area contributed by atoms with E-state index in [0.717, 1.165) is 29.7 Å².